The Morgan fingerprint density at radius 1 is 1.36 bits per heavy atom. The molecule has 0 aliphatic rings. The highest BCUT2D eigenvalue weighted by molar-refractivity contribution is 7.13. The fraction of sp³-hybridized carbons (Fsp3) is 0.267. The van der Waals surface area contributed by atoms with E-state index in [4.69, 9.17) is 9.84 Å². The van der Waals surface area contributed by atoms with E-state index in [0.29, 0.717) is 11.6 Å². The third-order valence-electron chi connectivity index (χ3n) is 2.87. The molecule has 0 spiro atoms. The summed E-state index contributed by atoms with van der Waals surface area (Å²) in [5, 5.41) is 13.5. The fourth-order valence-electron chi connectivity index (χ4n) is 1.70. The number of aromatic nitrogens is 1. The molecular formula is C15H16N2O4S. The second-order valence-electron chi connectivity index (χ2n) is 4.53. The van der Waals surface area contributed by atoms with E-state index >= 15 is 0 Å². The van der Waals surface area contributed by atoms with E-state index in [1.54, 1.807) is 5.38 Å². The SMILES string of the molecule is CCOc1ccc(-c2nc(C(=O)N[C@H](C)C(=O)O)cs2)cc1. The Hall–Kier alpha value is -2.41. The molecule has 2 N–H and O–H groups in total. The Labute approximate surface area is 131 Å². The number of hydrogen-bond donors (Lipinski definition) is 2. The van der Waals surface area contributed by atoms with Gasteiger partial charge in [-0.05, 0) is 38.1 Å². The molecule has 6 nitrogen and oxygen atoms in total. The Balaban J connectivity index is 2.10. The molecule has 1 aromatic heterocycles. The molecule has 2 aromatic rings. The van der Waals surface area contributed by atoms with Crippen LogP contribution in [0, 0.1) is 0 Å². The molecule has 1 atom stereocenters. The van der Waals surface area contributed by atoms with Crippen molar-refractivity contribution in [2.45, 2.75) is 19.9 Å². The monoisotopic (exact) mass is 320 g/mol. The zero-order valence-electron chi connectivity index (χ0n) is 12.2. The van der Waals surface area contributed by atoms with Crippen LogP contribution in [0.25, 0.3) is 10.6 Å². The van der Waals surface area contributed by atoms with Gasteiger partial charge in [0.15, 0.2) is 0 Å². The lowest BCUT2D eigenvalue weighted by molar-refractivity contribution is -0.138. The largest absolute Gasteiger partial charge is 0.494 e. The molecule has 0 aliphatic heterocycles. The molecule has 2 rings (SSSR count). The van der Waals surface area contributed by atoms with Crippen LogP contribution in [0.4, 0.5) is 0 Å². The summed E-state index contributed by atoms with van der Waals surface area (Å²) >= 11 is 1.33. The number of benzene rings is 1. The summed E-state index contributed by atoms with van der Waals surface area (Å²) in [6.45, 7) is 3.92. The van der Waals surface area contributed by atoms with Crippen LogP contribution in [0.5, 0.6) is 5.75 Å². The van der Waals surface area contributed by atoms with Crippen molar-refractivity contribution in [2.24, 2.45) is 0 Å². The summed E-state index contributed by atoms with van der Waals surface area (Å²) in [7, 11) is 0. The van der Waals surface area contributed by atoms with Crippen LogP contribution in [-0.2, 0) is 4.79 Å². The lowest BCUT2D eigenvalue weighted by Crippen LogP contribution is -2.38. The lowest BCUT2D eigenvalue weighted by atomic mass is 10.2. The van der Waals surface area contributed by atoms with Gasteiger partial charge in [-0.15, -0.1) is 11.3 Å². The van der Waals surface area contributed by atoms with Crippen LogP contribution in [-0.4, -0.2) is 34.6 Å². The van der Waals surface area contributed by atoms with Crippen LogP contribution in [0.15, 0.2) is 29.6 Å². The number of thiazole rings is 1. The summed E-state index contributed by atoms with van der Waals surface area (Å²) in [6.07, 6.45) is 0. The van der Waals surface area contributed by atoms with Crippen LogP contribution in [0.3, 0.4) is 0 Å². The standard InChI is InChI=1S/C15H16N2O4S/c1-3-21-11-6-4-10(5-7-11)14-17-12(8-22-14)13(18)16-9(2)15(19)20/h4-9H,3H2,1-2H3,(H,16,18)(H,19,20)/t9-/m1/s1. The molecule has 0 fully saturated rings. The molecule has 1 aromatic carbocycles. The fourth-order valence-corrected chi connectivity index (χ4v) is 2.51. The van der Waals surface area contributed by atoms with Crippen LogP contribution in [0.2, 0.25) is 0 Å². The smallest absolute Gasteiger partial charge is 0.325 e. The van der Waals surface area contributed by atoms with Gasteiger partial charge in [0.1, 0.15) is 22.5 Å². The zero-order valence-corrected chi connectivity index (χ0v) is 13.0. The van der Waals surface area contributed by atoms with Gasteiger partial charge in [-0.25, -0.2) is 4.98 Å². The topological polar surface area (TPSA) is 88.5 Å². The third kappa shape index (κ3) is 3.82. The van der Waals surface area contributed by atoms with Crippen molar-refractivity contribution in [3.05, 3.63) is 35.3 Å². The molecule has 0 saturated carbocycles. The molecule has 0 saturated heterocycles. The maximum atomic E-state index is 11.9. The molecule has 1 amide bonds. The molecule has 0 unspecified atom stereocenters. The van der Waals surface area contributed by atoms with E-state index in [-0.39, 0.29) is 5.69 Å². The highest BCUT2D eigenvalue weighted by Crippen LogP contribution is 2.25. The molecule has 0 bridgehead atoms. The molecule has 116 valence electrons. The summed E-state index contributed by atoms with van der Waals surface area (Å²) in [6, 6.07) is 6.46. The average molecular weight is 320 g/mol. The number of carbonyl (C=O) groups is 2. The number of nitrogens with one attached hydrogen (secondary N) is 1. The number of ether oxygens (including phenoxy) is 1. The van der Waals surface area contributed by atoms with Gasteiger partial charge in [-0.3, -0.25) is 9.59 Å². The Kier molecular flexibility index (Phi) is 5.11. The van der Waals surface area contributed by atoms with E-state index in [1.165, 1.54) is 18.3 Å². The molecule has 0 radical (unpaired) electrons. The Morgan fingerprint density at radius 2 is 2.05 bits per heavy atom. The first-order chi connectivity index (χ1) is 10.5. The van der Waals surface area contributed by atoms with Gasteiger partial charge in [-0.1, -0.05) is 0 Å². The van der Waals surface area contributed by atoms with Gasteiger partial charge in [0, 0.05) is 10.9 Å². The van der Waals surface area contributed by atoms with Crippen molar-refractivity contribution in [3.63, 3.8) is 0 Å². The number of carboxylic acids is 1. The van der Waals surface area contributed by atoms with Crippen molar-refractivity contribution in [3.8, 4) is 16.3 Å². The predicted molar refractivity (Wildman–Crippen MR) is 83.3 cm³/mol. The Bertz CT molecular complexity index is 666. The zero-order chi connectivity index (χ0) is 16.1. The summed E-state index contributed by atoms with van der Waals surface area (Å²) in [4.78, 5) is 26.9. The van der Waals surface area contributed by atoms with Crippen molar-refractivity contribution in [2.75, 3.05) is 6.61 Å². The van der Waals surface area contributed by atoms with E-state index in [1.807, 2.05) is 31.2 Å². The maximum Gasteiger partial charge on any atom is 0.325 e. The second-order valence-corrected chi connectivity index (χ2v) is 5.39. The third-order valence-corrected chi connectivity index (χ3v) is 3.76. The molecule has 7 heteroatoms. The van der Waals surface area contributed by atoms with Gasteiger partial charge >= 0.3 is 5.97 Å². The highest BCUT2D eigenvalue weighted by atomic mass is 32.1. The highest BCUT2D eigenvalue weighted by Gasteiger charge is 2.17. The van der Waals surface area contributed by atoms with E-state index in [0.717, 1.165) is 11.3 Å². The van der Waals surface area contributed by atoms with Crippen molar-refractivity contribution >= 4 is 23.2 Å². The van der Waals surface area contributed by atoms with Gasteiger partial charge in [-0.2, -0.15) is 0 Å². The quantitative estimate of drug-likeness (QED) is 0.853. The maximum absolute atomic E-state index is 11.9. The van der Waals surface area contributed by atoms with Crippen LogP contribution >= 0.6 is 11.3 Å². The minimum Gasteiger partial charge on any atom is -0.494 e. The van der Waals surface area contributed by atoms with Crippen LogP contribution in [0.1, 0.15) is 24.3 Å². The first kappa shape index (κ1) is 16.0. The minimum absolute atomic E-state index is 0.210. The first-order valence-electron chi connectivity index (χ1n) is 6.73. The number of carbonyl (C=O) groups excluding carboxylic acids is 1. The number of rotatable bonds is 6. The van der Waals surface area contributed by atoms with Gasteiger partial charge in [0.2, 0.25) is 0 Å². The Morgan fingerprint density at radius 3 is 2.64 bits per heavy atom. The minimum atomic E-state index is -1.09. The summed E-state index contributed by atoms with van der Waals surface area (Å²) in [5.74, 6) is -0.810. The van der Waals surface area contributed by atoms with Crippen molar-refractivity contribution in [1.82, 2.24) is 10.3 Å². The van der Waals surface area contributed by atoms with Crippen LogP contribution < -0.4 is 10.1 Å². The van der Waals surface area contributed by atoms with E-state index in [9.17, 15) is 9.59 Å². The molecule has 0 aliphatic carbocycles. The number of carboxylic acid groups (broad SMARTS) is 1. The van der Waals surface area contributed by atoms with Gasteiger partial charge in [0.25, 0.3) is 5.91 Å². The number of nitrogens with zero attached hydrogens (tertiary/aromatic N) is 1. The predicted octanol–water partition coefficient (Wildman–Crippen LogP) is 2.41. The number of amides is 1. The molecular weight excluding hydrogens is 304 g/mol. The average Bonchev–Trinajstić information content (AvgIpc) is 2.98. The van der Waals surface area contributed by atoms with Gasteiger partial charge < -0.3 is 15.2 Å². The van der Waals surface area contributed by atoms with Crippen molar-refractivity contribution in [1.29, 1.82) is 0 Å². The first-order valence-corrected chi connectivity index (χ1v) is 7.61. The summed E-state index contributed by atoms with van der Waals surface area (Å²) < 4.78 is 5.37. The molecule has 22 heavy (non-hydrogen) atoms. The lowest BCUT2D eigenvalue weighted by Gasteiger charge is -2.06. The normalized spacial score (nSPS) is 11.7. The number of aliphatic carboxylic acids is 1. The van der Waals surface area contributed by atoms with Gasteiger partial charge in [0.05, 0.1) is 6.61 Å². The van der Waals surface area contributed by atoms with E-state index in [2.05, 4.69) is 10.3 Å². The summed E-state index contributed by atoms with van der Waals surface area (Å²) in [5.41, 5.74) is 1.08. The second kappa shape index (κ2) is 7.04. The molecule has 1 heterocycles. The van der Waals surface area contributed by atoms with E-state index < -0.39 is 17.9 Å². The van der Waals surface area contributed by atoms with Crippen molar-refractivity contribution < 1.29 is 19.4 Å². The number of hydrogen-bond acceptors (Lipinski definition) is 5.